The van der Waals surface area contributed by atoms with Crippen LogP contribution in [0.4, 0.5) is 15.0 Å². The third kappa shape index (κ3) is 5.50. The number of aromatic nitrogens is 5. The normalized spacial score (nSPS) is 19.4. The van der Waals surface area contributed by atoms with E-state index in [0.29, 0.717) is 53.4 Å². The number of rotatable bonds is 4. The molecule has 2 aliphatic rings. The molecule has 0 bridgehead atoms. The van der Waals surface area contributed by atoms with Crippen LogP contribution in [-0.4, -0.2) is 73.6 Å². The Kier molecular flexibility index (Phi) is 8.02. The second kappa shape index (κ2) is 11.8. The second-order valence-corrected chi connectivity index (χ2v) is 12.6. The SMILES string of the molecule is Cc1cc2c(cnn2C2CCCCO2)c(-c2ncc3c(N4CCN(C(=O)OC(C)(C)C)[C@@H](CC#N)C4)ncnc3c2F)c1Cl. The molecule has 2 fully saturated rings. The fraction of sp³-hybridized carbons (Fsp3) is 0.484. The molecule has 0 aliphatic carbocycles. The quantitative estimate of drug-likeness (QED) is 0.263. The zero-order valence-corrected chi connectivity index (χ0v) is 25.9. The number of anilines is 1. The highest BCUT2D eigenvalue weighted by atomic mass is 35.5. The molecule has 1 amide bonds. The first kappa shape index (κ1) is 30.0. The lowest BCUT2D eigenvalue weighted by molar-refractivity contribution is -0.0366. The second-order valence-electron chi connectivity index (χ2n) is 12.2. The highest BCUT2D eigenvalue weighted by Crippen LogP contribution is 2.41. The number of amides is 1. The molecule has 0 radical (unpaired) electrons. The number of piperazine rings is 1. The van der Waals surface area contributed by atoms with Crippen molar-refractivity contribution < 1.29 is 18.7 Å². The van der Waals surface area contributed by atoms with Crippen molar-refractivity contribution in [2.24, 2.45) is 0 Å². The van der Waals surface area contributed by atoms with Gasteiger partial charge in [-0.25, -0.2) is 23.8 Å². The summed E-state index contributed by atoms with van der Waals surface area (Å²) < 4.78 is 29.8. The minimum Gasteiger partial charge on any atom is -0.444 e. The predicted molar refractivity (Wildman–Crippen MR) is 164 cm³/mol. The molecule has 5 heterocycles. The minimum absolute atomic E-state index is 0.0714. The number of aryl methyl sites for hydroxylation is 1. The number of hydrogen-bond acceptors (Lipinski definition) is 9. The summed E-state index contributed by atoms with van der Waals surface area (Å²) in [5.41, 5.74) is 1.52. The van der Waals surface area contributed by atoms with E-state index in [2.05, 4.69) is 26.1 Å². The molecule has 13 heteroatoms. The minimum atomic E-state index is -0.663. The van der Waals surface area contributed by atoms with Crippen molar-refractivity contribution in [3.05, 3.63) is 41.2 Å². The molecule has 2 atom stereocenters. The Balaban J connectivity index is 1.37. The van der Waals surface area contributed by atoms with Crippen molar-refractivity contribution in [3.8, 4) is 17.3 Å². The Morgan fingerprint density at radius 3 is 2.75 bits per heavy atom. The topological polar surface area (TPSA) is 122 Å². The number of hydrogen-bond donors (Lipinski definition) is 0. The summed E-state index contributed by atoms with van der Waals surface area (Å²) in [6.07, 6.45) is 6.90. The maximum absolute atomic E-state index is 16.4. The van der Waals surface area contributed by atoms with Crippen LogP contribution in [0.3, 0.4) is 0 Å². The first-order valence-electron chi connectivity index (χ1n) is 14.8. The monoisotopic (exact) mass is 620 g/mol. The molecule has 230 valence electrons. The van der Waals surface area contributed by atoms with E-state index < -0.39 is 23.6 Å². The van der Waals surface area contributed by atoms with Crippen LogP contribution in [0.2, 0.25) is 5.02 Å². The molecule has 4 aromatic rings. The molecule has 44 heavy (non-hydrogen) atoms. The zero-order chi connectivity index (χ0) is 31.2. The maximum atomic E-state index is 16.4. The summed E-state index contributed by atoms with van der Waals surface area (Å²) in [4.78, 5) is 29.7. The van der Waals surface area contributed by atoms with Gasteiger partial charge in [-0.1, -0.05) is 11.6 Å². The summed E-state index contributed by atoms with van der Waals surface area (Å²) in [6.45, 7) is 8.98. The van der Waals surface area contributed by atoms with Crippen LogP contribution in [-0.2, 0) is 9.47 Å². The van der Waals surface area contributed by atoms with E-state index in [4.69, 9.17) is 21.1 Å². The molecule has 1 unspecified atom stereocenters. The number of pyridine rings is 1. The number of fused-ring (bicyclic) bond motifs is 2. The predicted octanol–water partition coefficient (Wildman–Crippen LogP) is 6.18. The Morgan fingerprint density at radius 1 is 1.20 bits per heavy atom. The molecule has 11 nitrogen and oxygen atoms in total. The van der Waals surface area contributed by atoms with Gasteiger partial charge in [0.15, 0.2) is 12.0 Å². The Morgan fingerprint density at radius 2 is 2.02 bits per heavy atom. The molecular formula is C31H34ClFN8O3. The molecular weight excluding hydrogens is 587 g/mol. The lowest BCUT2D eigenvalue weighted by Gasteiger charge is -2.41. The zero-order valence-electron chi connectivity index (χ0n) is 25.2. The van der Waals surface area contributed by atoms with E-state index in [-0.39, 0.29) is 23.9 Å². The van der Waals surface area contributed by atoms with Crippen molar-refractivity contribution in [2.45, 2.75) is 71.2 Å². The third-order valence-electron chi connectivity index (χ3n) is 8.03. The lowest BCUT2D eigenvalue weighted by atomic mass is 10.0. The van der Waals surface area contributed by atoms with Crippen molar-refractivity contribution >= 4 is 45.3 Å². The standard InChI is InChI=1S/C31H34ClFN8O3/c1-18-13-22-20(15-38-41(22)23-7-5-6-12-43-23)24(25(18)32)28-26(33)27-21(14-35-28)29(37-17-36-27)39-10-11-40(19(16-39)8-9-34)30(42)44-31(2,3)4/h13-15,17,19,23H,5-8,10-12,16H2,1-4H3/t19-,23?/m0/s1. The van der Waals surface area contributed by atoms with Gasteiger partial charge in [0.1, 0.15) is 29.0 Å². The van der Waals surface area contributed by atoms with Crippen molar-refractivity contribution in [1.29, 1.82) is 5.26 Å². The van der Waals surface area contributed by atoms with Gasteiger partial charge in [0.25, 0.3) is 0 Å². The summed E-state index contributed by atoms with van der Waals surface area (Å²) >= 11 is 6.82. The number of nitrogens with zero attached hydrogens (tertiary/aromatic N) is 8. The van der Waals surface area contributed by atoms with E-state index in [1.807, 2.05) is 22.6 Å². The lowest BCUT2D eigenvalue weighted by Crippen LogP contribution is -2.56. The van der Waals surface area contributed by atoms with E-state index in [1.165, 1.54) is 6.33 Å². The number of halogens is 2. The first-order chi connectivity index (χ1) is 21.1. The van der Waals surface area contributed by atoms with Crippen LogP contribution in [0.1, 0.15) is 58.2 Å². The van der Waals surface area contributed by atoms with Gasteiger partial charge in [0.05, 0.1) is 40.7 Å². The van der Waals surface area contributed by atoms with Crippen LogP contribution in [0.5, 0.6) is 0 Å². The van der Waals surface area contributed by atoms with E-state index in [0.717, 1.165) is 30.3 Å². The Labute approximate surface area is 259 Å². The molecule has 3 aromatic heterocycles. The number of ether oxygens (including phenoxy) is 2. The van der Waals surface area contributed by atoms with Gasteiger partial charge in [0.2, 0.25) is 0 Å². The van der Waals surface area contributed by atoms with Gasteiger partial charge in [-0.3, -0.25) is 4.98 Å². The molecule has 1 aromatic carbocycles. The van der Waals surface area contributed by atoms with Crippen molar-refractivity contribution in [1.82, 2.24) is 29.6 Å². The molecule has 0 saturated carbocycles. The summed E-state index contributed by atoms with van der Waals surface area (Å²) in [6, 6.07) is 3.68. The first-order valence-corrected chi connectivity index (χ1v) is 15.1. The smallest absolute Gasteiger partial charge is 0.410 e. The highest BCUT2D eigenvalue weighted by Gasteiger charge is 2.35. The van der Waals surface area contributed by atoms with Crippen LogP contribution in [0.25, 0.3) is 33.1 Å². The van der Waals surface area contributed by atoms with Gasteiger partial charge in [-0.05, 0) is 58.6 Å². The van der Waals surface area contributed by atoms with E-state index in [1.54, 1.807) is 38.1 Å². The molecule has 6 rings (SSSR count). The molecule has 2 saturated heterocycles. The molecule has 2 aliphatic heterocycles. The van der Waals surface area contributed by atoms with Gasteiger partial charge in [0, 0.05) is 43.4 Å². The fourth-order valence-corrected chi connectivity index (χ4v) is 6.21. The van der Waals surface area contributed by atoms with Crippen molar-refractivity contribution in [3.63, 3.8) is 0 Å². The molecule has 0 spiro atoms. The summed E-state index contributed by atoms with van der Waals surface area (Å²) in [7, 11) is 0. The van der Waals surface area contributed by atoms with Crippen LogP contribution in [0, 0.1) is 24.1 Å². The Bertz CT molecular complexity index is 1780. The van der Waals surface area contributed by atoms with Gasteiger partial charge in [-0.15, -0.1) is 0 Å². The number of benzene rings is 1. The van der Waals surface area contributed by atoms with Gasteiger partial charge in [-0.2, -0.15) is 10.4 Å². The van der Waals surface area contributed by atoms with Crippen molar-refractivity contribution in [2.75, 3.05) is 31.1 Å². The maximum Gasteiger partial charge on any atom is 0.410 e. The summed E-state index contributed by atoms with van der Waals surface area (Å²) in [5, 5.41) is 15.6. The fourth-order valence-electron chi connectivity index (χ4n) is 5.96. The van der Waals surface area contributed by atoms with E-state index in [9.17, 15) is 10.1 Å². The number of nitriles is 1. The average molecular weight is 621 g/mol. The van der Waals surface area contributed by atoms with Gasteiger partial charge < -0.3 is 19.3 Å². The average Bonchev–Trinajstić information content (AvgIpc) is 3.41. The number of carbonyl (C=O) groups is 1. The van der Waals surface area contributed by atoms with Crippen LogP contribution < -0.4 is 4.90 Å². The molecule has 0 N–H and O–H groups in total. The highest BCUT2D eigenvalue weighted by molar-refractivity contribution is 6.35. The summed E-state index contributed by atoms with van der Waals surface area (Å²) in [5.74, 6) is -0.148. The Hall–Kier alpha value is -4.08. The van der Waals surface area contributed by atoms with Crippen LogP contribution in [0.15, 0.2) is 24.8 Å². The van der Waals surface area contributed by atoms with Crippen LogP contribution >= 0.6 is 11.6 Å². The number of carbonyl (C=O) groups excluding carboxylic acids is 1. The largest absolute Gasteiger partial charge is 0.444 e. The van der Waals surface area contributed by atoms with E-state index >= 15 is 4.39 Å². The van der Waals surface area contributed by atoms with Gasteiger partial charge >= 0.3 is 6.09 Å². The third-order valence-corrected chi connectivity index (χ3v) is 8.51.